The number of nitrogens with one attached hydrogen (secondary N) is 2. The van der Waals surface area contributed by atoms with Gasteiger partial charge in [0.05, 0.1) is 6.42 Å². The van der Waals surface area contributed by atoms with Crippen LogP contribution in [0.2, 0.25) is 0 Å². The van der Waals surface area contributed by atoms with Gasteiger partial charge in [-0.2, -0.15) is 0 Å². The van der Waals surface area contributed by atoms with Crippen molar-refractivity contribution in [1.29, 1.82) is 0 Å². The van der Waals surface area contributed by atoms with Crippen LogP contribution in [-0.2, 0) is 11.2 Å². The summed E-state index contributed by atoms with van der Waals surface area (Å²) in [4.78, 5) is 11.8. The molecule has 1 aromatic rings. The molecule has 1 fully saturated rings. The summed E-state index contributed by atoms with van der Waals surface area (Å²) in [7, 11) is 0. The molecule has 0 saturated carbocycles. The number of amides is 1. The van der Waals surface area contributed by atoms with Gasteiger partial charge in [0.2, 0.25) is 5.91 Å². The molecule has 0 radical (unpaired) electrons. The lowest BCUT2D eigenvalue weighted by molar-refractivity contribution is -0.120. The van der Waals surface area contributed by atoms with E-state index in [1.165, 1.54) is 12.1 Å². The minimum absolute atomic E-state index is 0.0953. The molecular weight excluding hydrogens is 262 g/mol. The standard InChI is InChI=1S/C15H20F2N2O/c1-10-5-6-11(8-18-10)9-19-14(20)7-12-3-2-4-13(16)15(12)17/h2-4,10-11,18H,5-9H2,1H3,(H,19,20). The van der Waals surface area contributed by atoms with Gasteiger partial charge in [-0.1, -0.05) is 12.1 Å². The van der Waals surface area contributed by atoms with Crippen LogP contribution in [0.25, 0.3) is 0 Å². The highest BCUT2D eigenvalue weighted by Crippen LogP contribution is 2.14. The van der Waals surface area contributed by atoms with Crippen molar-refractivity contribution in [2.24, 2.45) is 5.92 Å². The monoisotopic (exact) mass is 282 g/mol. The van der Waals surface area contributed by atoms with Crippen molar-refractivity contribution in [3.8, 4) is 0 Å². The molecule has 0 aliphatic carbocycles. The van der Waals surface area contributed by atoms with Crippen LogP contribution in [0.3, 0.4) is 0 Å². The van der Waals surface area contributed by atoms with Crippen LogP contribution in [-0.4, -0.2) is 25.0 Å². The molecule has 1 aliphatic heterocycles. The van der Waals surface area contributed by atoms with Gasteiger partial charge < -0.3 is 10.6 Å². The zero-order chi connectivity index (χ0) is 14.5. The number of carbonyl (C=O) groups excluding carboxylic acids is 1. The lowest BCUT2D eigenvalue weighted by atomic mass is 9.95. The van der Waals surface area contributed by atoms with E-state index in [0.29, 0.717) is 18.5 Å². The number of piperidine rings is 1. The van der Waals surface area contributed by atoms with Crippen molar-refractivity contribution in [3.63, 3.8) is 0 Å². The van der Waals surface area contributed by atoms with E-state index in [1.807, 2.05) is 0 Å². The van der Waals surface area contributed by atoms with Gasteiger partial charge in [0.1, 0.15) is 0 Å². The topological polar surface area (TPSA) is 41.1 Å². The molecule has 1 saturated heterocycles. The van der Waals surface area contributed by atoms with Crippen molar-refractivity contribution in [2.75, 3.05) is 13.1 Å². The van der Waals surface area contributed by atoms with Gasteiger partial charge >= 0.3 is 0 Å². The van der Waals surface area contributed by atoms with E-state index >= 15 is 0 Å². The van der Waals surface area contributed by atoms with Crippen molar-refractivity contribution in [1.82, 2.24) is 10.6 Å². The highest BCUT2D eigenvalue weighted by molar-refractivity contribution is 5.78. The van der Waals surface area contributed by atoms with E-state index in [0.717, 1.165) is 25.5 Å². The summed E-state index contributed by atoms with van der Waals surface area (Å²) < 4.78 is 26.5. The highest BCUT2D eigenvalue weighted by atomic mass is 19.2. The number of halogens is 2. The molecule has 1 aliphatic rings. The van der Waals surface area contributed by atoms with Gasteiger partial charge in [0.15, 0.2) is 11.6 Å². The second-order valence-corrected chi connectivity index (χ2v) is 5.45. The average molecular weight is 282 g/mol. The molecule has 2 N–H and O–H groups in total. The minimum Gasteiger partial charge on any atom is -0.355 e. The van der Waals surface area contributed by atoms with Gasteiger partial charge in [-0.25, -0.2) is 8.78 Å². The smallest absolute Gasteiger partial charge is 0.224 e. The number of hydrogen-bond acceptors (Lipinski definition) is 2. The Kier molecular flexibility index (Phi) is 5.06. The Hall–Kier alpha value is -1.49. The van der Waals surface area contributed by atoms with Crippen LogP contribution >= 0.6 is 0 Å². The molecule has 0 spiro atoms. The lowest BCUT2D eigenvalue weighted by Gasteiger charge is -2.27. The van der Waals surface area contributed by atoms with Crippen LogP contribution in [0.1, 0.15) is 25.3 Å². The minimum atomic E-state index is -0.934. The molecule has 20 heavy (non-hydrogen) atoms. The van der Waals surface area contributed by atoms with Gasteiger partial charge in [0.25, 0.3) is 0 Å². The third-order valence-electron chi connectivity index (χ3n) is 3.73. The van der Waals surface area contributed by atoms with Crippen molar-refractivity contribution < 1.29 is 13.6 Å². The van der Waals surface area contributed by atoms with Gasteiger partial charge in [-0.3, -0.25) is 4.79 Å². The van der Waals surface area contributed by atoms with Gasteiger partial charge in [-0.05, 0) is 38.3 Å². The summed E-state index contributed by atoms with van der Waals surface area (Å²) in [6.45, 7) is 3.60. The van der Waals surface area contributed by atoms with E-state index in [9.17, 15) is 13.6 Å². The molecule has 0 bridgehead atoms. The van der Waals surface area contributed by atoms with Crippen molar-refractivity contribution in [2.45, 2.75) is 32.2 Å². The summed E-state index contributed by atoms with van der Waals surface area (Å²) in [6, 6.07) is 4.42. The first-order valence-electron chi connectivity index (χ1n) is 6.99. The van der Waals surface area contributed by atoms with Gasteiger partial charge in [0, 0.05) is 18.2 Å². The van der Waals surface area contributed by atoms with Crippen molar-refractivity contribution >= 4 is 5.91 Å². The summed E-state index contributed by atoms with van der Waals surface area (Å²) in [6.07, 6.45) is 2.04. The maximum atomic E-state index is 13.4. The predicted molar refractivity (Wildman–Crippen MR) is 73.3 cm³/mol. The maximum absolute atomic E-state index is 13.4. The molecule has 1 amide bonds. The Morgan fingerprint density at radius 3 is 2.90 bits per heavy atom. The molecule has 1 aromatic carbocycles. The molecule has 3 nitrogen and oxygen atoms in total. The molecule has 110 valence electrons. The number of hydrogen-bond donors (Lipinski definition) is 2. The number of carbonyl (C=O) groups is 1. The number of rotatable bonds is 4. The Morgan fingerprint density at radius 2 is 2.20 bits per heavy atom. The lowest BCUT2D eigenvalue weighted by Crippen LogP contribution is -2.42. The molecule has 1 heterocycles. The summed E-state index contributed by atoms with van der Waals surface area (Å²) >= 11 is 0. The van der Waals surface area contributed by atoms with E-state index in [4.69, 9.17) is 0 Å². The summed E-state index contributed by atoms with van der Waals surface area (Å²) in [5, 5.41) is 6.16. The quantitative estimate of drug-likeness (QED) is 0.887. The highest BCUT2D eigenvalue weighted by Gasteiger charge is 2.18. The first-order valence-corrected chi connectivity index (χ1v) is 6.99. The maximum Gasteiger partial charge on any atom is 0.224 e. The summed E-state index contributed by atoms with van der Waals surface area (Å²) in [5.41, 5.74) is 0.0953. The van der Waals surface area contributed by atoms with E-state index in [1.54, 1.807) is 0 Å². The molecular formula is C15H20F2N2O. The Bertz CT molecular complexity index is 471. The second-order valence-electron chi connectivity index (χ2n) is 5.45. The Morgan fingerprint density at radius 1 is 1.40 bits per heavy atom. The Balaban J connectivity index is 1.79. The van der Waals surface area contributed by atoms with Crippen molar-refractivity contribution in [3.05, 3.63) is 35.4 Å². The molecule has 2 rings (SSSR count). The van der Waals surface area contributed by atoms with E-state index in [-0.39, 0.29) is 17.9 Å². The molecule has 2 unspecified atom stereocenters. The fourth-order valence-corrected chi connectivity index (χ4v) is 2.41. The third kappa shape index (κ3) is 4.00. The van der Waals surface area contributed by atoms with Crippen LogP contribution in [0.15, 0.2) is 18.2 Å². The Labute approximate surface area is 117 Å². The molecule has 5 heteroatoms. The van der Waals surface area contributed by atoms with Crippen LogP contribution in [0.4, 0.5) is 8.78 Å². The zero-order valence-corrected chi connectivity index (χ0v) is 11.6. The fourth-order valence-electron chi connectivity index (χ4n) is 2.41. The van der Waals surface area contributed by atoms with Crippen LogP contribution < -0.4 is 10.6 Å². The van der Waals surface area contributed by atoms with Crippen LogP contribution in [0, 0.1) is 17.6 Å². The number of benzene rings is 1. The SMILES string of the molecule is CC1CCC(CNC(=O)Cc2cccc(F)c2F)CN1. The van der Waals surface area contributed by atoms with Gasteiger partial charge in [-0.15, -0.1) is 0 Å². The third-order valence-corrected chi connectivity index (χ3v) is 3.73. The zero-order valence-electron chi connectivity index (χ0n) is 11.6. The van der Waals surface area contributed by atoms with Crippen LogP contribution in [0.5, 0.6) is 0 Å². The largest absolute Gasteiger partial charge is 0.355 e. The summed E-state index contributed by atoms with van der Waals surface area (Å²) in [5.74, 6) is -1.71. The normalized spacial score (nSPS) is 22.6. The van der Waals surface area contributed by atoms with E-state index in [2.05, 4.69) is 17.6 Å². The first kappa shape index (κ1) is 14.9. The van der Waals surface area contributed by atoms with E-state index < -0.39 is 11.6 Å². The molecule has 2 atom stereocenters. The first-order chi connectivity index (χ1) is 9.56. The second kappa shape index (κ2) is 6.79. The molecule has 0 aromatic heterocycles. The average Bonchev–Trinajstić information content (AvgIpc) is 2.43. The fraction of sp³-hybridized carbons (Fsp3) is 0.533. The predicted octanol–water partition coefficient (Wildman–Crippen LogP) is 2.01.